The van der Waals surface area contributed by atoms with Gasteiger partial charge in [0, 0.05) is 43.2 Å². The SMILES string of the molecule is O=C(O)c1cc2c(s1)c(C1CCCCC1)c(-c1ccc3nc(-c4ccccc4F)ccc3c1)n2CC(=O)N1CCC(N2CCOCC2)CC1. The number of carbonyl (C=O) groups excluding carboxylic acids is 1. The molecule has 2 saturated heterocycles. The van der Waals surface area contributed by atoms with Crippen LogP contribution in [0.25, 0.3) is 43.6 Å². The predicted molar refractivity (Wildman–Crippen MR) is 191 cm³/mol. The van der Waals surface area contributed by atoms with E-state index in [9.17, 15) is 19.1 Å². The van der Waals surface area contributed by atoms with Crippen LogP contribution in [-0.4, -0.2) is 81.8 Å². The number of aromatic nitrogens is 2. The lowest BCUT2D eigenvalue weighted by atomic mass is 9.83. The Morgan fingerprint density at radius 3 is 2.45 bits per heavy atom. The fourth-order valence-corrected chi connectivity index (χ4v) is 9.37. The minimum absolute atomic E-state index is 0.0637. The first-order valence-corrected chi connectivity index (χ1v) is 18.4. The van der Waals surface area contributed by atoms with E-state index in [2.05, 4.69) is 21.6 Å². The number of nitrogens with zero attached hydrogens (tertiary/aromatic N) is 4. The predicted octanol–water partition coefficient (Wildman–Crippen LogP) is 7.79. The van der Waals surface area contributed by atoms with Gasteiger partial charge in [0.2, 0.25) is 5.91 Å². The number of pyridine rings is 1. The van der Waals surface area contributed by atoms with Gasteiger partial charge >= 0.3 is 5.97 Å². The Labute approximate surface area is 289 Å². The second kappa shape index (κ2) is 13.7. The van der Waals surface area contributed by atoms with Gasteiger partial charge < -0.3 is 19.3 Å². The summed E-state index contributed by atoms with van der Waals surface area (Å²) in [6.45, 7) is 5.01. The highest BCUT2D eigenvalue weighted by molar-refractivity contribution is 7.21. The molecule has 0 radical (unpaired) electrons. The fraction of sp³-hybridized carbons (Fsp3) is 0.410. The molecule has 0 atom stereocenters. The molecule has 2 aromatic carbocycles. The molecule has 49 heavy (non-hydrogen) atoms. The van der Waals surface area contributed by atoms with Gasteiger partial charge in [0.1, 0.15) is 17.2 Å². The lowest BCUT2D eigenvalue weighted by molar-refractivity contribution is -0.133. The van der Waals surface area contributed by atoms with E-state index in [4.69, 9.17) is 9.72 Å². The van der Waals surface area contributed by atoms with Crippen molar-refractivity contribution in [2.45, 2.75) is 63.5 Å². The van der Waals surface area contributed by atoms with Gasteiger partial charge in [-0.3, -0.25) is 9.69 Å². The molecule has 2 aliphatic heterocycles. The van der Waals surface area contributed by atoms with Crippen molar-refractivity contribution >= 4 is 44.3 Å². The van der Waals surface area contributed by atoms with Crippen LogP contribution in [0, 0.1) is 5.82 Å². The molecule has 1 aliphatic carbocycles. The highest BCUT2D eigenvalue weighted by Gasteiger charge is 2.32. The van der Waals surface area contributed by atoms with Gasteiger partial charge in [-0.25, -0.2) is 14.2 Å². The maximum Gasteiger partial charge on any atom is 0.345 e. The number of halogens is 1. The van der Waals surface area contributed by atoms with Crippen molar-refractivity contribution in [1.82, 2.24) is 19.4 Å². The summed E-state index contributed by atoms with van der Waals surface area (Å²) in [6, 6.07) is 18.9. The zero-order valence-electron chi connectivity index (χ0n) is 27.6. The van der Waals surface area contributed by atoms with E-state index in [1.165, 1.54) is 29.4 Å². The maximum atomic E-state index is 14.6. The highest BCUT2D eigenvalue weighted by atomic mass is 32.1. The summed E-state index contributed by atoms with van der Waals surface area (Å²) in [5, 5.41) is 10.9. The number of likely N-dealkylation sites (tertiary alicyclic amines) is 1. The zero-order valence-corrected chi connectivity index (χ0v) is 28.4. The summed E-state index contributed by atoms with van der Waals surface area (Å²) in [6.07, 6.45) is 7.43. The number of morpholine rings is 1. The number of piperidine rings is 1. The number of carbonyl (C=O) groups is 2. The molecular formula is C39H41FN4O4S. The lowest BCUT2D eigenvalue weighted by Gasteiger charge is -2.40. The third-order valence-electron chi connectivity index (χ3n) is 10.8. The number of hydrogen-bond acceptors (Lipinski definition) is 6. The smallest absolute Gasteiger partial charge is 0.345 e. The molecule has 8 nitrogen and oxygen atoms in total. The van der Waals surface area contributed by atoms with Crippen LogP contribution in [0.15, 0.2) is 60.7 Å². The Hall–Kier alpha value is -4.12. The number of carboxylic acid groups (broad SMARTS) is 1. The van der Waals surface area contributed by atoms with Crippen molar-refractivity contribution in [3.63, 3.8) is 0 Å². The van der Waals surface area contributed by atoms with Crippen LogP contribution in [0.4, 0.5) is 4.39 Å². The van der Waals surface area contributed by atoms with E-state index in [1.807, 2.05) is 29.2 Å². The van der Waals surface area contributed by atoms with E-state index >= 15 is 0 Å². The molecule has 254 valence electrons. The van der Waals surface area contributed by atoms with Crippen molar-refractivity contribution in [3.8, 4) is 22.5 Å². The van der Waals surface area contributed by atoms with Gasteiger partial charge in [0.15, 0.2) is 0 Å². The largest absolute Gasteiger partial charge is 0.477 e. The summed E-state index contributed by atoms with van der Waals surface area (Å²) in [4.78, 5) is 36.0. The molecule has 10 heteroatoms. The van der Waals surface area contributed by atoms with Crippen LogP contribution in [0.3, 0.4) is 0 Å². The number of ether oxygens (including phenoxy) is 1. The Bertz CT molecular complexity index is 2020. The van der Waals surface area contributed by atoms with Crippen LogP contribution in [0.2, 0.25) is 0 Å². The van der Waals surface area contributed by atoms with E-state index in [0.29, 0.717) is 35.3 Å². The fourth-order valence-electron chi connectivity index (χ4n) is 8.25. The first-order chi connectivity index (χ1) is 23.9. The topological polar surface area (TPSA) is 87.9 Å². The van der Waals surface area contributed by atoms with Crippen molar-refractivity contribution in [2.24, 2.45) is 0 Å². The molecule has 3 aliphatic rings. The molecule has 0 unspecified atom stereocenters. The molecule has 0 spiro atoms. The van der Waals surface area contributed by atoms with Crippen LogP contribution in [-0.2, 0) is 16.1 Å². The van der Waals surface area contributed by atoms with Crippen molar-refractivity contribution in [3.05, 3.63) is 76.9 Å². The number of aromatic carboxylic acids is 1. The third kappa shape index (κ3) is 6.26. The summed E-state index contributed by atoms with van der Waals surface area (Å²) >= 11 is 1.33. The van der Waals surface area contributed by atoms with Crippen molar-refractivity contribution < 1.29 is 23.8 Å². The van der Waals surface area contributed by atoms with Crippen molar-refractivity contribution in [2.75, 3.05) is 39.4 Å². The highest BCUT2D eigenvalue weighted by Crippen LogP contribution is 2.47. The normalized spacial score (nSPS) is 18.4. The number of benzene rings is 2. The number of fused-ring (bicyclic) bond motifs is 2. The molecule has 5 aromatic rings. The number of rotatable bonds is 7. The number of carboxylic acids is 1. The molecule has 1 saturated carbocycles. The summed E-state index contributed by atoms with van der Waals surface area (Å²) in [7, 11) is 0. The van der Waals surface area contributed by atoms with E-state index in [1.54, 1.807) is 18.2 Å². The molecule has 1 amide bonds. The maximum absolute atomic E-state index is 14.6. The van der Waals surface area contributed by atoms with E-state index in [-0.39, 0.29) is 24.2 Å². The Kier molecular flexibility index (Phi) is 8.94. The minimum Gasteiger partial charge on any atom is -0.477 e. The molecular weight excluding hydrogens is 640 g/mol. The Morgan fingerprint density at radius 2 is 1.69 bits per heavy atom. The van der Waals surface area contributed by atoms with Gasteiger partial charge in [-0.05, 0) is 79.1 Å². The van der Waals surface area contributed by atoms with Gasteiger partial charge in [0.25, 0.3) is 0 Å². The lowest BCUT2D eigenvalue weighted by Crippen LogP contribution is -2.50. The zero-order chi connectivity index (χ0) is 33.5. The standard InChI is InChI=1S/C39H41FN4O4S/c40-30-9-5-4-8-29(30)32-13-10-26-22-27(11-12-31(26)41-32)37-36(25-6-2-1-3-7-25)38-33(23-34(49-38)39(46)47)44(37)24-35(45)43-16-14-28(15-17-43)42-18-20-48-21-19-42/h4-5,8-13,22-23,25,28H,1-3,6-7,14-21,24H2,(H,46,47). The van der Waals surface area contributed by atoms with Gasteiger partial charge in [0.05, 0.1) is 40.3 Å². The second-order valence-electron chi connectivity index (χ2n) is 13.7. The second-order valence-corrected chi connectivity index (χ2v) is 14.7. The van der Waals surface area contributed by atoms with Crippen LogP contribution < -0.4 is 0 Å². The molecule has 5 heterocycles. The summed E-state index contributed by atoms with van der Waals surface area (Å²) < 4.78 is 23.2. The molecule has 1 N–H and O–H groups in total. The number of thiophene rings is 1. The summed E-state index contributed by atoms with van der Waals surface area (Å²) in [5.74, 6) is -0.905. The molecule has 3 fully saturated rings. The number of hydrogen-bond donors (Lipinski definition) is 1. The Morgan fingerprint density at radius 1 is 0.918 bits per heavy atom. The van der Waals surface area contributed by atoms with Gasteiger partial charge in [-0.1, -0.05) is 43.5 Å². The summed E-state index contributed by atoms with van der Waals surface area (Å²) in [5.41, 5.74) is 5.77. The minimum atomic E-state index is -0.942. The molecule has 8 rings (SSSR count). The Balaban J connectivity index is 1.18. The van der Waals surface area contributed by atoms with Crippen LogP contribution in [0.5, 0.6) is 0 Å². The van der Waals surface area contributed by atoms with Gasteiger partial charge in [-0.2, -0.15) is 0 Å². The molecule has 3 aromatic heterocycles. The van der Waals surface area contributed by atoms with Gasteiger partial charge in [-0.15, -0.1) is 11.3 Å². The van der Waals surface area contributed by atoms with E-state index < -0.39 is 5.97 Å². The van der Waals surface area contributed by atoms with Crippen molar-refractivity contribution in [1.29, 1.82) is 0 Å². The average Bonchev–Trinajstić information content (AvgIpc) is 3.70. The van der Waals surface area contributed by atoms with E-state index in [0.717, 1.165) is 97.2 Å². The number of amides is 1. The first kappa shape index (κ1) is 32.1. The molecule has 0 bridgehead atoms. The monoisotopic (exact) mass is 680 g/mol. The quantitative estimate of drug-likeness (QED) is 0.189. The van der Waals surface area contributed by atoms with Crippen LogP contribution >= 0.6 is 11.3 Å². The average molecular weight is 681 g/mol. The van der Waals surface area contributed by atoms with Crippen LogP contribution in [0.1, 0.15) is 66.1 Å². The third-order valence-corrected chi connectivity index (χ3v) is 11.9. The first-order valence-electron chi connectivity index (χ1n) is 17.6.